The zero-order chi connectivity index (χ0) is 12.8. The fraction of sp³-hybridized carbons (Fsp3) is 0.333. The Labute approximate surface area is 107 Å². The molecule has 0 saturated carbocycles. The van der Waals surface area contributed by atoms with Gasteiger partial charge in [0.25, 0.3) is 0 Å². The van der Waals surface area contributed by atoms with Crippen LogP contribution in [0.25, 0.3) is 0 Å². The number of hydrogen-bond acceptors (Lipinski definition) is 3. The predicted molar refractivity (Wildman–Crippen MR) is 72.6 cm³/mol. The Morgan fingerprint density at radius 1 is 1.28 bits per heavy atom. The van der Waals surface area contributed by atoms with Crippen molar-refractivity contribution in [3.05, 3.63) is 53.5 Å². The number of hydrogen-bond donors (Lipinski definition) is 2. The topological polar surface area (TPSA) is 45.4 Å². The van der Waals surface area contributed by atoms with Crippen LogP contribution in [0.15, 0.2) is 41.0 Å². The Morgan fingerprint density at radius 3 is 2.89 bits per heavy atom. The lowest BCUT2D eigenvalue weighted by atomic mass is 10.1. The monoisotopic (exact) mass is 245 g/mol. The van der Waals surface area contributed by atoms with E-state index in [-0.39, 0.29) is 6.61 Å². The number of aliphatic hydroxyl groups excluding tert-OH is 1. The molecular weight excluding hydrogens is 226 g/mol. The number of aryl methyl sites for hydroxylation is 2. The van der Waals surface area contributed by atoms with E-state index in [4.69, 9.17) is 9.52 Å². The van der Waals surface area contributed by atoms with E-state index in [1.54, 1.807) is 6.26 Å². The van der Waals surface area contributed by atoms with Crippen molar-refractivity contribution in [1.29, 1.82) is 0 Å². The van der Waals surface area contributed by atoms with Crippen molar-refractivity contribution in [3.63, 3.8) is 0 Å². The lowest BCUT2D eigenvalue weighted by Gasteiger charge is -2.10. The molecule has 1 heterocycles. The molecule has 0 amide bonds. The van der Waals surface area contributed by atoms with Crippen LogP contribution in [0.2, 0.25) is 0 Å². The van der Waals surface area contributed by atoms with Gasteiger partial charge in [-0.3, -0.25) is 0 Å². The number of aliphatic hydroxyl groups is 1. The molecule has 0 spiro atoms. The third-order valence-electron chi connectivity index (χ3n) is 2.98. The SMILES string of the molecule is Cc1ccc(CO)cc1NCCCc1ccco1. The molecule has 18 heavy (non-hydrogen) atoms. The van der Waals surface area contributed by atoms with Crippen LogP contribution >= 0.6 is 0 Å². The van der Waals surface area contributed by atoms with Crippen molar-refractivity contribution in [1.82, 2.24) is 0 Å². The van der Waals surface area contributed by atoms with Crippen LogP contribution in [0.1, 0.15) is 23.3 Å². The molecule has 0 bridgehead atoms. The second-order valence-electron chi connectivity index (χ2n) is 4.42. The number of furan rings is 1. The molecule has 0 saturated heterocycles. The number of rotatable bonds is 6. The van der Waals surface area contributed by atoms with E-state index in [2.05, 4.69) is 12.2 Å². The first-order chi connectivity index (χ1) is 8.79. The van der Waals surface area contributed by atoms with Crippen molar-refractivity contribution >= 4 is 5.69 Å². The summed E-state index contributed by atoms with van der Waals surface area (Å²) in [6.07, 6.45) is 3.67. The Kier molecular flexibility index (Phi) is 4.42. The Morgan fingerprint density at radius 2 is 2.17 bits per heavy atom. The van der Waals surface area contributed by atoms with Gasteiger partial charge in [-0.05, 0) is 42.7 Å². The summed E-state index contributed by atoms with van der Waals surface area (Å²) >= 11 is 0. The summed E-state index contributed by atoms with van der Waals surface area (Å²) in [6, 6.07) is 9.89. The summed E-state index contributed by atoms with van der Waals surface area (Å²) < 4.78 is 5.29. The van der Waals surface area contributed by atoms with Gasteiger partial charge in [0, 0.05) is 18.7 Å². The van der Waals surface area contributed by atoms with Crippen LogP contribution in [0.3, 0.4) is 0 Å². The van der Waals surface area contributed by atoms with E-state index in [9.17, 15) is 0 Å². The lowest BCUT2D eigenvalue weighted by molar-refractivity contribution is 0.282. The fourth-order valence-electron chi connectivity index (χ4n) is 1.90. The molecule has 0 radical (unpaired) electrons. The van der Waals surface area contributed by atoms with Gasteiger partial charge in [0.15, 0.2) is 0 Å². The Hall–Kier alpha value is -1.74. The van der Waals surface area contributed by atoms with E-state index in [0.717, 1.165) is 36.4 Å². The maximum Gasteiger partial charge on any atom is 0.103 e. The standard InChI is InChI=1S/C15H19NO2/c1-12-6-7-13(11-17)10-15(12)16-8-2-4-14-5-3-9-18-14/h3,5-7,9-10,16-17H,2,4,8,11H2,1H3. The highest BCUT2D eigenvalue weighted by Crippen LogP contribution is 2.17. The fourth-order valence-corrected chi connectivity index (χ4v) is 1.90. The van der Waals surface area contributed by atoms with Gasteiger partial charge in [0.1, 0.15) is 5.76 Å². The molecule has 2 N–H and O–H groups in total. The van der Waals surface area contributed by atoms with Gasteiger partial charge in [-0.2, -0.15) is 0 Å². The zero-order valence-corrected chi connectivity index (χ0v) is 10.6. The third-order valence-corrected chi connectivity index (χ3v) is 2.98. The molecule has 0 aliphatic rings. The maximum atomic E-state index is 9.11. The first kappa shape index (κ1) is 12.7. The highest BCUT2D eigenvalue weighted by Gasteiger charge is 2.00. The second-order valence-corrected chi connectivity index (χ2v) is 4.42. The van der Waals surface area contributed by atoms with Gasteiger partial charge in [0.05, 0.1) is 12.9 Å². The molecule has 0 unspecified atom stereocenters. The highest BCUT2D eigenvalue weighted by molar-refractivity contribution is 5.52. The average molecular weight is 245 g/mol. The van der Waals surface area contributed by atoms with E-state index in [0.29, 0.717) is 0 Å². The molecule has 0 aliphatic carbocycles. The van der Waals surface area contributed by atoms with Crippen molar-refractivity contribution < 1.29 is 9.52 Å². The van der Waals surface area contributed by atoms with Crippen LogP contribution in [0.4, 0.5) is 5.69 Å². The number of nitrogens with one attached hydrogen (secondary N) is 1. The van der Waals surface area contributed by atoms with Gasteiger partial charge in [-0.15, -0.1) is 0 Å². The van der Waals surface area contributed by atoms with Crippen LogP contribution in [0.5, 0.6) is 0 Å². The molecule has 2 aromatic rings. The third kappa shape index (κ3) is 3.37. The van der Waals surface area contributed by atoms with Gasteiger partial charge in [-0.1, -0.05) is 12.1 Å². The van der Waals surface area contributed by atoms with Crippen molar-refractivity contribution in [3.8, 4) is 0 Å². The Bertz CT molecular complexity index is 477. The van der Waals surface area contributed by atoms with Crippen LogP contribution in [-0.2, 0) is 13.0 Å². The zero-order valence-electron chi connectivity index (χ0n) is 10.6. The quantitative estimate of drug-likeness (QED) is 0.769. The van der Waals surface area contributed by atoms with E-state index < -0.39 is 0 Å². The first-order valence-corrected chi connectivity index (χ1v) is 6.26. The molecular formula is C15H19NO2. The maximum absolute atomic E-state index is 9.11. The molecule has 0 aliphatic heterocycles. The molecule has 96 valence electrons. The normalized spacial score (nSPS) is 10.6. The summed E-state index contributed by atoms with van der Waals surface area (Å²) in [5.74, 6) is 1.03. The van der Waals surface area contributed by atoms with Gasteiger partial charge < -0.3 is 14.8 Å². The van der Waals surface area contributed by atoms with Crippen molar-refractivity contribution in [2.75, 3.05) is 11.9 Å². The molecule has 3 nitrogen and oxygen atoms in total. The first-order valence-electron chi connectivity index (χ1n) is 6.26. The minimum Gasteiger partial charge on any atom is -0.469 e. The summed E-state index contributed by atoms with van der Waals surface area (Å²) in [5.41, 5.74) is 3.24. The van der Waals surface area contributed by atoms with Crippen molar-refractivity contribution in [2.24, 2.45) is 0 Å². The number of anilines is 1. The summed E-state index contributed by atoms with van der Waals surface area (Å²) in [4.78, 5) is 0. The van der Waals surface area contributed by atoms with Crippen LogP contribution in [0, 0.1) is 6.92 Å². The van der Waals surface area contributed by atoms with E-state index >= 15 is 0 Å². The smallest absolute Gasteiger partial charge is 0.103 e. The second kappa shape index (κ2) is 6.26. The summed E-state index contributed by atoms with van der Waals surface area (Å²) in [6.45, 7) is 3.05. The van der Waals surface area contributed by atoms with Gasteiger partial charge in [0.2, 0.25) is 0 Å². The lowest BCUT2D eigenvalue weighted by Crippen LogP contribution is -2.04. The van der Waals surface area contributed by atoms with Crippen LogP contribution in [-0.4, -0.2) is 11.7 Å². The number of benzene rings is 1. The molecule has 1 aromatic heterocycles. The predicted octanol–water partition coefficient (Wildman–Crippen LogP) is 3.13. The summed E-state index contributed by atoms with van der Waals surface area (Å²) in [5, 5.41) is 12.5. The average Bonchev–Trinajstić information content (AvgIpc) is 2.89. The van der Waals surface area contributed by atoms with E-state index in [1.165, 1.54) is 5.56 Å². The minimum atomic E-state index is 0.0847. The van der Waals surface area contributed by atoms with E-state index in [1.807, 2.05) is 30.3 Å². The van der Waals surface area contributed by atoms with Crippen molar-refractivity contribution in [2.45, 2.75) is 26.4 Å². The molecule has 2 rings (SSSR count). The van der Waals surface area contributed by atoms with Gasteiger partial charge in [-0.25, -0.2) is 0 Å². The molecule has 1 aromatic carbocycles. The summed E-state index contributed by atoms with van der Waals surface area (Å²) in [7, 11) is 0. The molecule has 0 fully saturated rings. The minimum absolute atomic E-state index is 0.0847. The van der Waals surface area contributed by atoms with Crippen LogP contribution < -0.4 is 5.32 Å². The molecule has 3 heteroatoms. The van der Waals surface area contributed by atoms with Gasteiger partial charge >= 0.3 is 0 Å². The Balaban J connectivity index is 1.82. The highest BCUT2D eigenvalue weighted by atomic mass is 16.3. The molecule has 0 atom stereocenters. The largest absolute Gasteiger partial charge is 0.469 e.